The highest BCUT2D eigenvalue weighted by Crippen LogP contribution is 2.24. The molecule has 0 aliphatic rings. The topological polar surface area (TPSA) is 98.2 Å². The molecule has 21 heavy (non-hydrogen) atoms. The van der Waals surface area contributed by atoms with Gasteiger partial charge in [-0.05, 0) is 51.0 Å². The van der Waals surface area contributed by atoms with E-state index >= 15 is 0 Å². The number of hydrogen-bond donors (Lipinski definition) is 2. The van der Waals surface area contributed by atoms with E-state index in [-0.39, 0.29) is 4.90 Å². The summed E-state index contributed by atoms with van der Waals surface area (Å²) in [6.45, 7) is 8.00. The molecule has 2 rings (SSSR count). The lowest BCUT2D eigenvalue weighted by Gasteiger charge is -2.13. The standard InChI is InChI=1S/C14H19N3O3S/c1-8-5-12(21(15,18)19)6-14(9(8)2)16-7-13-10(3)17-20-11(13)4/h5-6,16H,7H2,1-4H3,(H2,15,18,19). The maximum atomic E-state index is 11.5. The molecule has 0 unspecified atom stereocenters. The summed E-state index contributed by atoms with van der Waals surface area (Å²) in [5, 5.41) is 12.3. The molecule has 0 radical (unpaired) electrons. The van der Waals surface area contributed by atoms with Gasteiger partial charge in [0, 0.05) is 17.8 Å². The van der Waals surface area contributed by atoms with Crippen molar-refractivity contribution in [1.82, 2.24) is 5.16 Å². The van der Waals surface area contributed by atoms with Crippen LogP contribution in [0.5, 0.6) is 0 Å². The Morgan fingerprint density at radius 3 is 2.43 bits per heavy atom. The van der Waals surface area contributed by atoms with Crippen molar-refractivity contribution in [3.05, 3.63) is 40.3 Å². The smallest absolute Gasteiger partial charge is 0.238 e. The highest BCUT2D eigenvalue weighted by Gasteiger charge is 2.14. The van der Waals surface area contributed by atoms with Crippen molar-refractivity contribution in [2.75, 3.05) is 5.32 Å². The zero-order valence-corrected chi connectivity index (χ0v) is 13.3. The van der Waals surface area contributed by atoms with E-state index in [1.54, 1.807) is 12.1 Å². The van der Waals surface area contributed by atoms with Crippen molar-refractivity contribution in [2.24, 2.45) is 5.14 Å². The van der Waals surface area contributed by atoms with Gasteiger partial charge in [0.2, 0.25) is 10.0 Å². The Morgan fingerprint density at radius 1 is 1.24 bits per heavy atom. The molecule has 0 amide bonds. The Morgan fingerprint density at radius 2 is 1.90 bits per heavy atom. The molecule has 0 saturated heterocycles. The second kappa shape index (κ2) is 5.50. The minimum Gasteiger partial charge on any atom is -0.381 e. The number of anilines is 1. The Bertz CT molecular complexity index is 760. The van der Waals surface area contributed by atoms with Crippen molar-refractivity contribution in [1.29, 1.82) is 0 Å². The number of rotatable bonds is 4. The molecule has 3 N–H and O–H groups in total. The van der Waals surface area contributed by atoms with Gasteiger partial charge in [0.1, 0.15) is 5.76 Å². The van der Waals surface area contributed by atoms with Crippen LogP contribution in [0.2, 0.25) is 0 Å². The average Bonchev–Trinajstić information content (AvgIpc) is 2.70. The number of aromatic nitrogens is 1. The van der Waals surface area contributed by atoms with E-state index < -0.39 is 10.0 Å². The molecule has 7 heteroatoms. The maximum absolute atomic E-state index is 11.5. The van der Waals surface area contributed by atoms with Crippen LogP contribution in [0.1, 0.15) is 28.1 Å². The summed E-state index contributed by atoms with van der Waals surface area (Å²) < 4.78 is 28.1. The quantitative estimate of drug-likeness (QED) is 0.902. The SMILES string of the molecule is Cc1cc(S(N)(=O)=O)cc(NCc2c(C)noc2C)c1C. The summed E-state index contributed by atoms with van der Waals surface area (Å²) >= 11 is 0. The highest BCUT2D eigenvalue weighted by molar-refractivity contribution is 7.89. The number of nitrogens with one attached hydrogen (secondary N) is 1. The molecule has 0 aliphatic carbocycles. The number of benzene rings is 1. The van der Waals surface area contributed by atoms with Crippen LogP contribution in [0.3, 0.4) is 0 Å². The molecule has 1 heterocycles. The maximum Gasteiger partial charge on any atom is 0.238 e. The lowest BCUT2D eigenvalue weighted by molar-refractivity contribution is 0.392. The number of sulfonamides is 1. The first-order chi connectivity index (χ1) is 9.70. The van der Waals surface area contributed by atoms with Gasteiger partial charge in [-0.1, -0.05) is 5.16 Å². The third-order valence-electron chi connectivity index (χ3n) is 3.61. The molecule has 114 valence electrons. The Balaban J connectivity index is 2.34. The second-order valence-electron chi connectivity index (χ2n) is 5.11. The third-order valence-corrected chi connectivity index (χ3v) is 4.50. The number of nitrogens with zero attached hydrogens (tertiary/aromatic N) is 1. The number of primary sulfonamides is 1. The van der Waals surface area contributed by atoms with Gasteiger partial charge in [-0.2, -0.15) is 0 Å². The van der Waals surface area contributed by atoms with E-state index in [2.05, 4.69) is 10.5 Å². The molecule has 0 bridgehead atoms. The normalized spacial score (nSPS) is 11.7. The van der Waals surface area contributed by atoms with Gasteiger partial charge in [-0.25, -0.2) is 13.6 Å². The second-order valence-corrected chi connectivity index (χ2v) is 6.68. The molecule has 0 aliphatic heterocycles. The average molecular weight is 309 g/mol. The summed E-state index contributed by atoms with van der Waals surface area (Å²) in [5.41, 5.74) is 4.36. The summed E-state index contributed by atoms with van der Waals surface area (Å²) in [7, 11) is -3.72. The summed E-state index contributed by atoms with van der Waals surface area (Å²) in [6, 6.07) is 3.13. The van der Waals surface area contributed by atoms with Crippen LogP contribution in [0.15, 0.2) is 21.6 Å². The fourth-order valence-corrected chi connectivity index (χ4v) is 2.74. The monoisotopic (exact) mass is 309 g/mol. The molecule has 1 aromatic heterocycles. The van der Waals surface area contributed by atoms with E-state index in [0.29, 0.717) is 6.54 Å². The molecular formula is C14H19N3O3S. The lowest BCUT2D eigenvalue weighted by atomic mass is 10.1. The van der Waals surface area contributed by atoms with Crippen LogP contribution in [0, 0.1) is 27.7 Å². The van der Waals surface area contributed by atoms with Gasteiger partial charge in [0.25, 0.3) is 0 Å². The van der Waals surface area contributed by atoms with Crippen molar-refractivity contribution >= 4 is 15.7 Å². The van der Waals surface area contributed by atoms with Gasteiger partial charge in [0.15, 0.2) is 0 Å². The zero-order valence-electron chi connectivity index (χ0n) is 12.5. The molecule has 1 aromatic carbocycles. The fourth-order valence-electron chi connectivity index (χ4n) is 2.11. The first kappa shape index (κ1) is 15.5. The van der Waals surface area contributed by atoms with Gasteiger partial charge < -0.3 is 9.84 Å². The van der Waals surface area contributed by atoms with Crippen LogP contribution in [-0.2, 0) is 16.6 Å². The van der Waals surface area contributed by atoms with E-state index in [0.717, 1.165) is 33.8 Å². The zero-order chi connectivity index (χ0) is 15.8. The van der Waals surface area contributed by atoms with Gasteiger partial charge in [-0.3, -0.25) is 0 Å². The molecular weight excluding hydrogens is 290 g/mol. The van der Waals surface area contributed by atoms with Crippen molar-refractivity contribution < 1.29 is 12.9 Å². The fraction of sp³-hybridized carbons (Fsp3) is 0.357. The van der Waals surface area contributed by atoms with E-state index in [9.17, 15) is 8.42 Å². The molecule has 0 fully saturated rings. The van der Waals surface area contributed by atoms with Gasteiger partial charge in [0.05, 0.1) is 10.6 Å². The highest BCUT2D eigenvalue weighted by atomic mass is 32.2. The summed E-state index contributed by atoms with van der Waals surface area (Å²) in [4.78, 5) is 0.104. The van der Waals surface area contributed by atoms with Crippen LogP contribution < -0.4 is 10.5 Å². The van der Waals surface area contributed by atoms with Crippen molar-refractivity contribution in [2.45, 2.75) is 39.1 Å². The number of hydrogen-bond acceptors (Lipinski definition) is 5. The molecule has 0 saturated carbocycles. The first-order valence-corrected chi connectivity index (χ1v) is 8.04. The molecule has 2 aromatic rings. The van der Waals surface area contributed by atoms with Crippen LogP contribution >= 0.6 is 0 Å². The third kappa shape index (κ3) is 3.25. The van der Waals surface area contributed by atoms with E-state index in [1.807, 2.05) is 27.7 Å². The molecule has 0 spiro atoms. The van der Waals surface area contributed by atoms with E-state index in [4.69, 9.17) is 9.66 Å². The van der Waals surface area contributed by atoms with Gasteiger partial charge in [-0.15, -0.1) is 0 Å². The van der Waals surface area contributed by atoms with Crippen molar-refractivity contribution in [3.63, 3.8) is 0 Å². The minimum atomic E-state index is -3.72. The van der Waals surface area contributed by atoms with Crippen LogP contribution in [-0.4, -0.2) is 13.6 Å². The van der Waals surface area contributed by atoms with Crippen LogP contribution in [0.25, 0.3) is 0 Å². The number of aryl methyl sites for hydroxylation is 3. The Labute approximate surface area is 124 Å². The summed E-state index contributed by atoms with van der Waals surface area (Å²) in [6.07, 6.45) is 0. The predicted octanol–water partition coefficient (Wildman–Crippen LogP) is 2.17. The molecule has 0 atom stereocenters. The largest absolute Gasteiger partial charge is 0.381 e. The summed E-state index contributed by atoms with van der Waals surface area (Å²) in [5.74, 6) is 0.747. The Kier molecular flexibility index (Phi) is 4.06. The lowest BCUT2D eigenvalue weighted by Crippen LogP contribution is -2.13. The predicted molar refractivity (Wildman–Crippen MR) is 80.6 cm³/mol. The van der Waals surface area contributed by atoms with Gasteiger partial charge >= 0.3 is 0 Å². The van der Waals surface area contributed by atoms with Crippen LogP contribution in [0.4, 0.5) is 5.69 Å². The minimum absolute atomic E-state index is 0.104. The number of nitrogens with two attached hydrogens (primary N) is 1. The van der Waals surface area contributed by atoms with Crippen molar-refractivity contribution in [3.8, 4) is 0 Å². The first-order valence-electron chi connectivity index (χ1n) is 6.50. The molecule has 6 nitrogen and oxygen atoms in total. The Hall–Kier alpha value is -1.86. The van der Waals surface area contributed by atoms with E-state index in [1.165, 1.54) is 0 Å².